The number of nitrogens with zero attached hydrogens (tertiary/aromatic N) is 10. The molecule has 0 bridgehead atoms. The molecule has 4 aromatic heterocycles. The zero-order valence-corrected chi connectivity index (χ0v) is 22.6. The number of imidazole rings is 2. The van der Waals surface area contributed by atoms with Crippen molar-refractivity contribution in [3.05, 3.63) is 94.7 Å². The van der Waals surface area contributed by atoms with E-state index in [4.69, 9.17) is 23.1 Å². The fourth-order valence-electron chi connectivity index (χ4n) is 4.63. The van der Waals surface area contributed by atoms with Crippen LogP contribution in [0.3, 0.4) is 0 Å². The summed E-state index contributed by atoms with van der Waals surface area (Å²) in [7, 11) is 0. The molecule has 0 spiro atoms. The number of aromatic nitrogens is 6. The Labute approximate surface area is 227 Å². The van der Waals surface area contributed by atoms with Gasteiger partial charge in [0.25, 0.3) is 18.0 Å². The molecular weight excluding hydrogens is 488 g/mol. The lowest BCUT2D eigenvalue weighted by Crippen LogP contribution is -2.50. The van der Waals surface area contributed by atoms with Crippen LogP contribution >= 0.6 is 0 Å². The second-order valence-corrected chi connectivity index (χ2v) is 10.7. The normalized spacial score (nSPS) is 11.7. The molecule has 192 valence electrons. The van der Waals surface area contributed by atoms with Gasteiger partial charge in [-0.3, -0.25) is 4.57 Å². The van der Waals surface area contributed by atoms with Gasteiger partial charge < -0.3 is 9.69 Å². The van der Waals surface area contributed by atoms with Crippen molar-refractivity contribution >= 4 is 11.6 Å². The van der Waals surface area contributed by atoms with Gasteiger partial charge in [0.05, 0.1) is 5.69 Å². The van der Waals surface area contributed by atoms with E-state index < -0.39 is 16.2 Å². The first-order chi connectivity index (χ1) is 18.4. The van der Waals surface area contributed by atoms with Crippen molar-refractivity contribution in [2.45, 2.75) is 52.4 Å². The minimum absolute atomic E-state index is 0.0446. The van der Waals surface area contributed by atoms with E-state index in [9.17, 15) is 10.5 Å². The van der Waals surface area contributed by atoms with Gasteiger partial charge in [-0.2, -0.15) is 10.5 Å². The van der Waals surface area contributed by atoms with Crippen molar-refractivity contribution in [3.63, 3.8) is 0 Å². The molecule has 0 N–H and O–H groups in total. The maximum absolute atomic E-state index is 9.59. The molecule has 10 nitrogen and oxygen atoms in total. The molecule has 4 rings (SSSR count). The van der Waals surface area contributed by atoms with Crippen molar-refractivity contribution in [3.8, 4) is 23.8 Å². The highest BCUT2D eigenvalue weighted by molar-refractivity contribution is 5.64. The topological polar surface area (TPSA) is 118 Å². The van der Waals surface area contributed by atoms with Crippen LogP contribution in [0.4, 0.5) is 11.6 Å². The molecular formula is C29H26N10. The first-order valence-corrected chi connectivity index (χ1v) is 12.1. The smallest absolute Gasteiger partial charge is 0.293 e. The van der Waals surface area contributed by atoms with E-state index >= 15 is 0 Å². The Morgan fingerprint density at radius 2 is 1.28 bits per heavy atom. The summed E-state index contributed by atoms with van der Waals surface area (Å²) < 4.78 is 3.06. The summed E-state index contributed by atoms with van der Waals surface area (Å²) in [4.78, 5) is 24.8. The summed E-state index contributed by atoms with van der Waals surface area (Å²) in [5, 5.41) is 18.9. The molecule has 0 atom stereocenters. The molecule has 39 heavy (non-hydrogen) atoms. The molecule has 0 aliphatic heterocycles. The number of pyridine rings is 2. The second-order valence-electron chi connectivity index (χ2n) is 10.7. The first kappa shape index (κ1) is 26.7. The Morgan fingerprint density at radius 3 is 1.77 bits per heavy atom. The van der Waals surface area contributed by atoms with Crippen LogP contribution < -0.4 is 0 Å². The Hall–Kier alpha value is -5.32. The minimum Gasteiger partial charge on any atom is -0.373 e. The van der Waals surface area contributed by atoms with Gasteiger partial charge in [0.1, 0.15) is 24.3 Å². The van der Waals surface area contributed by atoms with Gasteiger partial charge in [0.15, 0.2) is 11.4 Å². The predicted molar refractivity (Wildman–Crippen MR) is 145 cm³/mol. The number of nitriles is 2. The van der Waals surface area contributed by atoms with E-state index in [-0.39, 0.29) is 23.0 Å². The van der Waals surface area contributed by atoms with Gasteiger partial charge in [0.2, 0.25) is 5.82 Å². The number of rotatable bonds is 6. The molecule has 0 saturated heterocycles. The van der Waals surface area contributed by atoms with Crippen molar-refractivity contribution in [1.29, 1.82) is 10.5 Å². The van der Waals surface area contributed by atoms with Gasteiger partial charge >= 0.3 is 0 Å². The van der Waals surface area contributed by atoms with Gasteiger partial charge in [-0.1, -0.05) is 71.8 Å². The van der Waals surface area contributed by atoms with Crippen molar-refractivity contribution in [2.24, 2.45) is 5.41 Å². The van der Waals surface area contributed by atoms with Crippen molar-refractivity contribution in [1.82, 2.24) is 29.1 Å². The fourth-order valence-corrected chi connectivity index (χ4v) is 4.63. The number of hydrogen-bond acceptors (Lipinski definition) is 6. The van der Waals surface area contributed by atoms with Gasteiger partial charge in [-0.25, -0.2) is 19.5 Å². The lowest BCUT2D eigenvalue weighted by atomic mass is 9.52. The van der Waals surface area contributed by atoms with Gasteiger partial charge in [0, 0.05) is 22.6 Å². The highest BCUT2D eigenvalue weighted by Crippen LogP contribution is 2.53. The number of hydrogen-bond donors (Lipinski definition) is 0. The summed E-state index contributed by atoms with van der Waals surface area (Å²) in [6.45, 7) is 27.6. The SMILES string of the molecule is [C-]#[N+]c1ncn(-c2cccc(C(C)(C)C(C)(C)C(C)(C)c3cccc(-n4cnc(C#N)c4C#N)n3)n2)c1[N+]#[C-]. The molecule has 4 aromatic rings. The van der Waals surface area contributed by atoms with Crippen LogP contribution in [-0.2, 0) is 10.8 Å². The molecule has 0 fully saturated rings. The largest absolute Gasteiger partial charge is 0.373 e. The first-order valence-electron chi connectivity index (χ1n) is 12.1. The summed E-state index contributed by atoms with van der Waals surface area (Å²) in [5.74, 6) is 1.19. The van der Waals surface area contributed by atoms with Crippen LogP contribution in [0.1, 0.15) is 64.3 Å². The van der Waals surface area contributed by atoms with Crippen LogP contribution in [0.2, 0.25) is 0 Å². The summed E-state index contributed by atoms with van der Waals surface area (Å²) in [6.07, 6.45) is 2.89. The Balaban J connectivity index is 1.78. The highest BCUT2D eigenvalue weighted by atomic mass is 15.2. The molecule has 0 radical (unpaired) electrons. The van der Waals surface area contributed by atoms with Gasteiger partial charge in [-0.15, -0.1) is 0 Å². The van der Waals surface area contributed by atoms with Crippen LogP contribution in [0.25, 0.3) is 21.3 Å². The molecule has 4 heterocycles. The molecule has 0 saturated carbocycles. The minimum atomic E-state index is -0.496. The fraction of sp³-hybridized carbons (Fsp3) is 0.310. The molecule has 10 heteroatoms. The molecule has 0 aliphatic rings. The molecule has 0 aromatic carbocycles. The van der Waals surface area contributed by atoms with E-state index in [1.807, 2.05) is 36.4 Å². The Kier molecular flexibility index (Phi) is 6.53. The highest BCUT2D eigenvalue weighted by Gasteiger charge is 2.51. The van der Waals surface area contributed by atoms with Crippen molar-refractivity contribution < 1.29 is 0 Å². The molecule has 0 amide bonds. The van der Waals surface area contributed by atoms with Crippen LogP contribution in [0.5, 0.6) is 0 Å². The Bertz CT molecular complexity index is 1610. The third-order valence-electron chi connectivity index (χ3n) is 8.28. The summed E-state index contributed by atoms with van der Waals surface area (Å²) >= 11 is 0. The van der Waals surface area contributed by atoms with E-state index in [0.29, 0.717) is 11.6 Å². The molecule has 0 unspecified atom stereocenters. The second kappa shape index (κ2) is 9.53. The van der Waals surface area contributed by atoms with E-state index in [2.05, 4.69) is 61.2 Å². The average Bonchev–Trinajstić information content (AvgIpc) is 3.56. The lowest BCUT2D eigenvalue weighted by Gasteiger charge is -2.51. The zero-order chi connectivity index (χ0) is 28.6. The zero-order valence-electron chi connectivity index (χ0n) is 22.6. The van der Waals surface area contributed by atoms with E-state index in [1.54, 1.807) is 12.1 Å². The summed E-state index contributed by atoms with van der Waals surface area (Å²) in [6, 6.07) is 15.3. The quantitative estimate of drug-likeness (QED) is 0.292. The molecule has 0 aliphatic carbocycles. The Morgan fingerprint density at radius 1 is 0.744 bits per heavy atom. The van der Waals surface area contributed by atoms with Gasteiger partial charge in [-0.05, 0) is 23.6 Å². The monoisotopic (exact) mass is 514 g/mol. The van der Waals surface area contributed by atoms with Crippen LogP contribution in [0.15, 0.2) is 49.1 Å². The maximum atomic E-state index is 9.59. The third-order valence-corrected chi connectivity index (χ3v) is 8.28. The van der Waals surface area contributed by atoms with Crippen LogP contribution in [-0.4, -0.2) is 29.1 Å². The van der Waals surface area contributed by atoms with E-state index in [1.165, 1.54) is 21.8 Å². The third kappa shape index (κ3) is 4.09. The predicted octanol–water partition coefficient (Wildman–Crippen LogP) is 5.97. The van der Waals surface area contributed by atoms with E-state index in [0.717, 1.165) is 11.4 Å². The average molecular weight is 515 g/mol. The lowest BCUT2D eigenvalue weighted by molar-refractivity contribution is 0.0857. The maximum Gasteiger partial charge on any atom is 0.293 e. The summed E-state index contributed by atoms with van der Waals surface area (Å²) in [5.41, 5.74) is 0.386. The van der Waals surface area contributed by atoms with Crippen LogP contribution in [0, 0.1) is 41.2 Å². The standard InChI is InChI=1S/C29H26N10/c1-27(2,21-11-9-13-23(36-21)38-17-34-19(15-30)20(38)16-31)29(5,6)28(3,4)22-12-10-14-24(37-22)39-18-35-25(32-7)26(39)33-8/h9-14,17-18H,1-6H3. The van der Waals surface area contributed by atoms with Crippen molar-refractivity contribution in [2.75, 3.05) is 0 Å².